The Morgan fingerprint density at radius 1 is 0.947 bits per heavy atom. The normalized spacial score (nSPS) is 11.2. The standard InChI is InChI=1S/C15H14O2STe/c1-13(19-15-10-6-3-7-11-15)12-18(16,17)14-8-4-2-5-9-14/h2-11H,1,12H2. The molecule has 19 heavy (non-hydrogen) atoms. The number of sulfone groups is 1. The maximum absolute atomic E-state index is 12.2. The molecule has 0 amide bonds. The Kier molecular flexibility index (Phi) is 4.81. The third kappa shape index (κ3) is 4.21. The second kappa shape index (κ2) is 6.38. The molecule has 0 saturated heterocycles. The Morgan fingerprint density at radius 2 is 1.47 bits per heavy atom. The number of rotatable bonds is 5. The third-order valence-electron chi connectivity index (χ3n) is 2.46. The molecule has 2 aromatic rings. The van der Waals surface area contributed by atoms with E-state index in [2.05, 4.69) is 6.58 Å². The summed E-state index contributed by atoms with van der Waals surface area (Å²) in [5.74, 6) is 0.0497. The van der Waals surface area contributed by atoms with Crippen LogP contribution in [0.15, 0.2) is 75.8 Å². The summed E-state index contributed by atoms with van der Waals surface area (Å²) in [5.41, 5.74) is 0. The zero-order valence-corrected chi connectivity index (χ0v) is 13.5. The summed E-state index contributed by atoms with van der Waals surface area (Å²) >= 11 is -0.660. The fourth-order valence-electron chi connectivity index (χ4n) is 1.61. The van der Waals surface area contributed by atoms with Crippen LogP contribution in [0.1, 0.15) is 0 Å². The van der Waals surface area contributed by atoms with Crippen LogP contribution in [-0.2, 0) is 9.84 Å². The summed E-state index contributed by atoms with van der Waals surface area (Å²) < 4.78 is 26.4. The summed E-state index contributed by atoms with van der Waals surface area (Å²) in [5, 5.41) is 0. The average Bonchev–Trinajstić information content (AvgIpc) is 2.40. The molecule has 0 aliphatic rings. The summed E-state index contributed by atoms with van der Waals surface area (Å²) in [7, 11) is -3.25. The van der Waals surface area contributed by atoms with Crippen molar-refractivity contribution in [1.82, 2.24) is 0 Å². The molecule has 0 aliphatic carbocycles. The van der Waals surface area contributed by atoms with E-state index in [9.17, 15) is 8.42 Å². The molecule has 0 aromatic heterocycles. The first kappa shape index (κ1) is 14.3. The van der Waals surface area contributed by atoms with Crippen LogP contribution in [0, 0.1) is 0 Å². The van der Waals surface area contributed by atoms with Gasteiger partial charge < -0.3 is 0 Å². The van der Waals surface area contributed by atoms with Crippen molar-refractivity contribution in [3.05, 3.63) is 70.9 Å². The monoisotopic (exact) mass is 388 g/mol. The van der Waals surface area contributed by atoms with Gasteiger partial charge in [-0.3, -0.25) is 0 Å². The van der Waals surface area contributed by atoms with Crippen molar-refractivity contribution in [3.63, 3.8) is 0 Å². The fraction of sp³-hybridized carbons (Fsp3) is 0.0667. The number of hydrogen-bond acceptors (Lipinski definition) is 2. The first-order chi connectivity index (χ1) is 9.08. The molecule has 2 nitrogen and oxygen atoms in total. The van der Waals surface area contributed by atoms with Gasteiger partial charge in [-0.15, -0.1) is 0 Å². The minimum atomic E-state index is -3.25. The van der Waals surface area contributed by atoms with Crippen LogP contribution >= 0.6 is 0 Å². The van der Waals surface area contributed by atoms with Gasteiger partial charge >= 0.3 is 124 Å². The van der Waals surface area contributed by atoms with Crippen LogP contribution in [0.4, 0.5) is 0 Å². The Hall–Kier alpha value is -1.08. The van der Waals surface area contributed by atoms with Crippen LogP contribution < -0.4 is 3.61 Å². The summed E-state index contributed by atoms with van der Waals surface area (Å²) in [6.45, 7) is 3.94. The van der Waals surface area contributed by atoms with Crippen LogP contribution in [-0.4, -0.2) is 35.1 Å². The van der Waals surface area contributed by atoms with Crippen molar-refractivity contribution in [2.24, 2.45) is 0 Å². The molecule has 0 bridgehead atoms. The molecule has 0 atom stereocenters. The van der Waals surface area contributed by atoms with Crippen LogP contribution in [0.25, 0.3) is 0 Å². The van der Waals surface area contributed by atoms with Crippen molar-refractivity contribution in [3.8, 4) is 0 Å². The molecular formula is C15H14O2STe. The molecule has 0 heterocycles. The van der Waals surface area contributed by atoms with Gasteiger partial charge in [0.1, 0.15) is 0 Å². The predicted octanol–water partition coefficient (Wildman–Crippen LogP) is 2.00. The molecule has 0 unspecified atom stereocenters. The summed E-state index contributed by atoms with van der Waals surface area (Å²) in [4.78, 5) is 0.372. The molecule has 2 rings (SSSR count). The van der Waals surface area contributed by atoms with E-state index in [-0.39, 0.29) is 5.75 Å². The molecule has 2 aromatic carbocycles. The molecule has 98 valence electrons. The van der Waals surface area contributed by atoms with E-state index in [1.165, 1.54) is 3.61 Å². The zero-order valence-electron chi connectivity index (χ0n) is 10.3. The molecule has 4 heteroatoms. The molecule has 0 aliphatic heterocycles. The molecule has 0 radical (unpaired) electrons. The first-order valence-electron chi connectivity index (χ1n) is 5.76. The zero-order chi connectivity index (χ0) is 13.7. The van der Waals surface area contributed by atoms with Gasteiger partial charge in [-0.05, 0) is 0 Å². The van der Waals surface area contributed by atoms with Crippen molar-refractivity contribution >= 4 is 34.4 Å². The summed E-state index contributed by atoms with van der Waals surface area (Å²) in [6.07, 6.45) is 0. The second-order valence-electron chi connectivity index (χ2n) is 4.03. The molecule has 0 spiro atoms. The van der Waals surface area contributed by atoms with E-state index in [1.807, 2.05) is 36.4 Å². The number of hydrogen-bond donors (Lipinski definition) is 0. The summed E-state index contributed by atoms with van der Waals surface area (Å²) in [6, 6.07) is 18.5. The van der Waals surface area contributed by atoms with Crippen LogP contribution in [0.2, 0.25) is 0 Å². The van der Waals surface area contributed by atoms with Gasteiger partial charge in [0.05, 0.1) is 0 Å². The fourth-order valence-corrected chi connectivity index (χ4v) is 6.45. The van der Waals surface area contributed by atoms with Gasteiger partial charge in [-0.1, -0.05) is 0 Å². The van der Waals surface area contributed by atoms with Crippen molar-refractivity contribution in [2.75, 3.05) is 5.75 Å². The molecule has 0 fully saturated rings. The first-order valence-corrected chi connectivity index (χ1v) is 9.75. The van der Waals surface area contributed by atoms with E-state index in [4.69, 9.17) is 0 Å². The van der Waals surface area contributed by atoms with Crippen LogP contribution in [0.3, 0.4) is 0 Å². The SMILES string of the molecule is C=C(CS(=O)(=O)c1ccccc1)[Te]c1ccccc1. The van der Waals surface area contributed by atoms with Crippen LogP contribution in [0.5, 0.6) is 0 Å². The predicted molar refractivity (Wildman–Crippen MR) is 79.5 cm³/mol. The van der Waals surface area contributed by atoms with E-state index < -0.39 is 30.8 Å². The Balaban J connectivity index is 2.07. The van der Waals surface area contributed by atoms with Gasteiger partial charge in [0.2, 0.25) is 0 Å². The van der Waals surface area contributed by atoms with E-state index in [0.29, 0.717) is 4.90 Å². The molecule has 0 saturated carbocycles. The van der Waals surface area contributed by atoms with E-state index >= 15 is 0 Å². The van der Waals surface area contributed by atoms with Crippen molar-refractivity contribution < 1.29 is 8.42 Å². The molecular weight excluding hydrogens is 372 g/mol. The Morgan fingerprint density at radius 3 is 2.05 bits per heavy atom. The number of benzene rings is 2. The van der Waals surface area contributed by atoms with Gasteiger partial charge in [-0.25, -0.2) is 0 Å². The van der Waals surface area contributed by atoms with Gasteiger partial charge in [0.25, 0.3) is 0 Å². The average molecular weight is 386 g/mol. The molecule has 0 N–H and O–H groups in total. The van der Waals surface area contributed by atoms with Crippen molar-refractivity contribution in [1.29, 1.82) is 0 Å². The van der Waals surface area contributed by atoms with Crippen molar-refractivity contribution in [2.45, 2.75) is 4.90 Å². The van der Waals surface area contributed by atoms with E-state index in [1.54, 1.807) is 24.3 Å². The Bertz CT molecular complexity index is 649. The van der Waals surface area contributed by atoms with Gasteiger partial charge in [-0.2, -0.15) is 0 Å². The van der Waals surface area contributed by atoms with Gasteiger partial charge in [0.15, 0.2) is 0 Å². The maximum atomic E-state index is 12.2. The third-order valence-corrected chi connectivity index (χ3v) is 7.43. The quantitative estimate of drug-likeness (QED) is 0.738. The van der Waals surface area contributed by atoms with Gasteiger partial charge in [0, 0.05) is 0 Å². The minimum absolute atomic E-state index is 0.0497. The van der Waals surface area contributed by atoms with E-state index in [0.717, 1.165) is 3.62 Å². The Labute approximate surface area is 124 Å². The second-order valence-corrected chi connectivity index (χ2v) is 9.59. The topological polar surface area (TPSA) is 34.1 Å².